The lowest BCUT2D eigenvalue weighted by molar-refractivity contribution is -0.123. The zero-order valence-corrected chi connectivity index (χ0v) is 10.7. The molecular formula is C14H17N3O2. The number of hydrogen-bond acceptors (Lipinski definition) is 4. The van der Waals surface area contributed by atoms with Gasteiger partial charge in [-0.1, -0.05) is 6.08 Å². The highest BCUT2D eigenvalue weighted by molar-refractivity contribution is 5.77. The van der Waals surface area contributed by atoms with E-state index in [0.717, 1.165) is 5.56 Å². The molecule has 5 nitrogen and oxygen atoms in total. The molecule has 19 heavy (non-hydrogen) atoms. The third kappa shape index (κ3) is 5.13. The summed E-state index contributed by atoms with van der Waals surface area (Å²) in [6.07, 6.45) is 2.65. The Labute approximate surface area is 112 Å². The summed E-state index contributed by atoms with van der Waals surface area (Å²) in [6, 6.07) is 7.20. The Hall–Kier alpha value is -2.48. The van der Waals surface area contributed by atoms with Gasteiger partial charge < -0.3 is 15.8 Å². The third-order valence-corrected chi connectivity index (χ3v) is 2.37. The summed E-state index contributed by atoms with van der Waals surface area (Å²) < 4.78 is 5.44. The second-order valence-corrected chi connectivity index (χ2v) is 3.91. The Bertz CT molecular complexity index is 492. The molecule has 100 valence electrons. The van der Waals surface area contributed by atoms with Gasteiger partial charge in [-0.3, -0.25) is 4.79 Å². The molecule has 0 spiro atoms. The molecule has 0 fully saturated rings. The average molecular weight is 259 g/mol. The summed E-state index contributed by atoms with van der Waals surface area (Å²) in [5, 5.41) is 10.9. The first-order valence-electron chi connectivity index (χ1n) is 5.93. The Morgan fingerprint density at radius 1 is 1.58 bits per heavy atom. The number of hydrogen-bond donors (Lipinski definition) is 2. The SMILES string of the molecule is C=CCc1cc(N)ccc1OCC(=O)NCCC#N. The molecule has 0 saturated heterocycles. The van der Waals surface area contributed by atoms with Crippen molar-refractivity contribution in [1.29, 1.82) is 5.26 Å². The van der Waals surface area contributed by atoms with E-state index in [1.54, 1.807) is 24.3 Å². The van der Waals surface area contributed by atoms with Crippen LogP contribution in [0.1, 0.15) is 12.0 Å². The van der Waals surface area contributed by atoms with Crippen molar-refractivity contribution in [3.8, 4) is 11.8 Å². The number of carbonyl (C=O) groups excluding carboxylic acids is 1. The van der Waals surface area contributed by atoms with E-state index in [1.807, 2.05) is 6.07 Å². The van der Waals surface area contributed by atoms with Gasteiger partial charge in [0.1, 0.15) is 5.75 Å². The highest BCUT2D eigenvalue weighted by Crippen LogP contribution is 2.22. The van der Waals surface area contributed by atoms with Crippen molar-refractivity contribution in [2.75, 3.05) is 18.9 Å². The number of nitriles is 1. The number of nitrogens with zero attached hydrogens (tertiary/aromatic N) is 1. The van der Waals surface area contributed by atoms with Gasteiger partial charge in [-0.25, -0.2) is 0 Å². The smallest absolute Gasteiger partial charge is 0.257 e. The van der Waals surface area contributed by atoms with Gasteiger partial charge in [-0.2, -0.15) is 5.26 Å². The van der Waals surface area contributed by atoms with Crippen LogP contribution >= 0.6 is 0 Å². The molecule has 1 aromatic carbocycles. The molecule has 0 aliphatic heterocycles. The normalized spacial score (nSPS) is 9.42. The van der Waals surface area contributed by atoms with Crippen LogP contribution in [-0.2, 0) is 11.2 Å². The Morgan fingerprint density at radius 2 is 2.37 bits per heavy atom. The van der Waals surface area contributed by atoms with Crippen LogP contribution in [0.2, 0.25) is 0 Å². The van der Waals surface area contributed by atoms with Crippen molar-refractivity contribution in [3.63, 3.8) is 0 Å². The minimum Gasteiger partial charge on any atom is -0.483 e. The standard InChI is InChI=1S/C14H17N3O2/c1-2-4-11-9-12(16)5-6-13(11)19-10-14(18)17-8-3-7-15/h2,5-6,9H,1,3-4,8,10,16H2,(H,17,18). The maximum absolute atomic E-state index is 11.4. The summed E-state index contributed by atoms with van der Waals surface area (Å²) in [7, 11) is 0. The monoisotopic (exact) mass is 259 g/mol. The second kappa shape index (κ2) is 7.77. The van der Waals surface area contributed by atoms with Crippen molar-refractivity contribution >= 4 is 11.6 Å². The first kappa shape index (κ1) is 14.6. The summed E-state index contributed by atoms with van der Waals surface area (Å²) in [5.41, 5.74) is 7.23. The van der Waals surface area contributed by atoms with Gasteiger partial charge in [-0.05, 0) is 30.2 Å². The van der Waals surface area contributed by atoms with Crippen molar-refractivity contribution in [2.24, 2.45) is 0 Å². The maximum Gasteiger partial charge on any atom is 0.257 e. The van der Waals surface area contributed by atoms with E-state index in [4.69, 9.17) is 15.7 Å². The van der Waals surface area contributed by atoms with Crippen LogP contribution in [0.25, 0.3) is 0 Å². The molecule has 1 amide bonds. The highest BCUT2D eigenvalue weighted by Gasteiger charge is 2.06. The van der Waals surface area contributed by atoms with Crippen molar-refractivity contribution in [2.45, 2.75) is 12.8 Å². The highest BCUT2D eigenvalue weighted by atomic mass is 16.5. The topological polar surface area (TPSA) is 88.1 Å². The number of nitrogens with two attached hydrogens (primary N) is 1. The molecule has 0 radical (unpaired) electrons. The van der Waals surface area contributed by atoms with E-state index in [2.05, 4.69) is 11.9 Å². The van der Waals surface area contributed by atoms with Crippen molar-refractivity contribution < 1.29 is 9.53 Å². The zero-order valence-electron chi connectivity index (χ0n) is 10.7. The zero-order chi connectivity index (χ0) is 14.1. The molecule has 0 aromatic heterocycles. The number of nitrogen functional groups attached to an aromatic ring is 1. The van der Waals surface area contributed by atoms with Gasteiger partial charge in [0.25, 0.3) is 5.91 Å². The van der Waals surface area contributed by atoms with E-state index >= 15 is 0 Å². The van der Waals surface area contributed by atoms with Crippen LogP contribution in [-0.4, -0.2) is 19.1 Å². The van der Waals surface area contributed by atoms with Crippen LogP contribution in [0.4, 0.5) is 5.69 Å². The lowest BCUT2D eigenvalue weighted by Crippen LogP contribution is -2.29. The van der Waals surface area contributed by atoms with E-state index in [9.17, 15) is 4.79 Å². The number of nitrogens with one attached hydrogen (secondary N) is 1. The first-order chi connectivity index (χ1) is 9.17. The molecule has 3 N–H and O–H groups in total. The lowest BCUT2D eigenvalue weighted by atomic mass is 10.1. The van der Waals surface area contributed by atoms with Gasteiger partial charge in [-0.15, -0.1) is 6.58 Å². The second-order valence-electron chi connectivity index (χ2n) is 3.91. The number of rotatable bonds is 7. The van der Waals surface area contributed by atoms with Gasteiger partial charge in [0.2, 0.25) is 0 Å². The Kier molecular flexibility index (Phi) is 5.96. The van der Waals surface area contributed by atoms with Crippen LogP contribution in [0.15, 0.2) is 30.9 Å². The number of benzene rings is 1. The van der Waals surface area contributed by atoms with E-state index in [0.29, 0.717) is 24.4 Å². The third-order valence-electron chi connectivity index (χ3n) is 2.37. The number of anilines is 1. The Balaban J connectivity index is 2.55. The molecule has 0 aliphatic carbocycles. The summed E-state index contributed by atoms with van der Waals surface area (Å²) >= 11 is 0. The van der Waals surface area contributed by atoms with Gasteiger partial charge >= 0.3 is 0 Å². The quantitative estimate of drug-likeness (QED) is 0.440. The molecule has 0 atom stereocenters. The minimum atomic E-state index is -0.253. The molecule has 0 aliphatic rings. The fraction of sp³-hybridized carbons (Fsp3) is 0.286. The van der Waals surface area contributed by atoms with Gasteiger partial charge in [0.15, 0.2) is 6.61 Å². The van der Waals surface area contributed by atoms with E-state index in [1.165, 1.54) is 0 Å². The fourth-order valence-corrected chi connectivity index (χ4v) is 1.51. The number of ether oxygens (including phenoxy) is 1. The van der Waals surface area contributed by atoms with Crippen LogP contribution in [0, 0.1) is 11.3 Å². The van der Waals surface area contributed by atoms with E-state index in [-0.39, 0.29) is 18.9 Å². The number of allylic oxidation sites excluding steroid dienone is 1. The van der Waals surface area contributed by atoms with Crippen LogP contribution in [0.3, 0.4) is 0 Å². The molecule has 5 heteroatoms. The largest absolute Gasteiger partial charge is 0.483 e. The molecule has 1 rings (SSSR count). The molecular weight excluding hydrogens is 242 g/mol. The lowest BCUT2D eigenvalue weighted by Gasteiger charge is -2.11. The molecule has 0 bridgehead atoms. The molecule has 0 unspecified atom stereocenters. The van der Waals surface area contributed by atoms with Crippen LogP contribution in [0.5, 0.6) is 5.75 Å². The van der Waals surface area contributed by atoms with E-state index < -0.39 is 0 Å². The molecule has 0 heterocycles. The minimum absolute atomic E-state index is 0.0838. The fourth-order valence-electron chi connectivity index (χ4n) is 1.51. The molecule has 1 aromatic rings. The van der Waals surface area contributed by atoms with Crippen molar-refractivity contribution in [3.05, 3.63) is 36.4 Å². The summed E-state index contributed by atoms with van der Waals surface area (Å²) in [6.45, 7) is 3.92. The predicted octanol–water partition coefficient (Wildman–Crippen LogP) is 1.41. The Morgan fingerprint density at radius 3 is 3.05 bits per heavy atom. The predicted molar refractivity (Wildman–Crippen MR) is 73.5 cm³/mol. The average Bonchev–Trinajstić information content (AvgIpc) is 2.38. The number of carbonyl (C=O) groups is 1. The maximum atomic E-state index is 11.4. The molecule has 0 saturated carbocycles. The van der Waals surface area contributed by atoms with Crippen molar-refractivity contribution in [1.82, 2.24) is 5.32 Å². The summed E-state index contributed by atoms with van der Waals surface area (Å²) in [4.78, 5) is 11.4. The van der Waals surface area contributed by atoms with Crippen LogP contribution < -0.4 is 15.8 Å². The summed E-state index contributed by atoms with van der Waals surface area (Å²) in [5.74, 6) is 0.362. The first-order valence-corrected chi connectivity index (χ1v) is 5.93. The number of amides is 1. The van der Waals surface area contributed by atoms with Gasteiger partial charge in [0, 0.05) is 12.2 Å². The van der Waals surface area contributed by atoms with Gasteiger partial charge in [0.05, 0.1) is 12.5 Å².